The number of aromatic nitrogens is 1. The van der Waals surface area contributed by atoms with Crippen molar-refractivity contribution in [1.29, 1.82) is 0 Å². The van der Waals surface area contributed by atoms with Gasteiger partial charge in [0.1, 0.15) is 5.69 Å². The zero-order chi connectivity index (χ0) is 18.8. The molecule has 1 atom stereocenters. The summed E-state index contributed by atoms with van der Waals surface area (Å²) < 4.78 is 0. The largest absolute Gasteiger partial charge is 0.386 e. The van der Waals surface area contributed by atoms with Crippen molar-refractivity contribution < 1.29 is 9.90 Å². The second-order valence-corrected chi connectivity index (χ2v) is 7.55. The van der Waals surface area contributed by atoms with E-state index in [-0.39, 0.29) is 5.91 Å². The van der Waals surface area contributed by atoms with Crippen LogP contribution in [0.5, 0.6) is 0 Å². The minimum Gasteiger partial charge on any atom is -0.386 e. The van der Waals surface area contributed by atoms with Gasteiger partial charge in [0.05, 0.1) is 5.60 Å². The van der Waals surface area contributed by atoms with Gasteiger partial charge in [-0.3, -0.25) is 9.78 Å². The van der Waals surface area contributed by atoms with Crippen molar-refractivity contribution in [2.75, 3.05) is 5.32 Å². The Hall–Kier alpha value is -2.20. The van der Waals surface area contributed by atoms with E-state index < -0.39 is 5.60 Å². The van der Waals surface area contributed by atoms with Crippen LogP contribution in [0.15, 0.2) is 36.5 Å². The number of nitrogens with zero attached hydrogens (tertiary/aromatic N) is 1. The number of benzene rings is 1. The molecule has 1 heterocycles. The molecule has 1 aromatic heterocycles. The first kappa shape index (κ1) is 19.1. The summed E-state index contributed by atoms with van der Waals surface area (Å²) in [7, 11) is 0. The second-order valence-electron chi connectivity index (χ2n) is 7.55. The van der Waals surface area contributed by atoms with Crippen molar-refractivity contribution in [1.82, 2.24) is 4.98 Å². The summed E-state index contributed by atoms with van der Waals surface area (Å²) >= 11 is 0. The van der Waals surface area contributed by atoms with E-state index in [1.54, 1.807) is 32.2 Å². The summed E-state index contributed by atoms with van der Waals surface area (Å²) in [5.41, 5.74) is 3.16. The smallest absolute Gasteiger partial charge is 0.274 e. The van der Waals surface area contributed by atoms with Crippen LogP contribution < -0.4 is 5.32 Å². The number of hydrogen-bond donors (Lipinski definition) is 2. The van der Waals surface area contributed by atoms with Gasteiger partial charge < -0.3 is 10.4 Å². The molecule has 0 spiro atoms. The van der Waals surface area contributed by atoms with Crippen molar-refractivity contribution in [2.24, 2.45) is 5.92 Å². The molecule has 0 fully saturated rings. The molecule has 1 aromatic carbocycles. The average Bonchev–Trinajstić information content (AvgIpc) is 2.55. The van der Waals surface area contributed by atoms with E-state index in [0.29, 0.717) is 23.1 Å². The van der Waals surface area contributed by atoms with Crippen LogP contribution in [-0.4, -0.2) is 16.0 Å². The SMILES string of the molecule is Cc1ccc(NC(=O)c2cc(C(C)(C)O)ccn2)cc1C(C)C(C)C. The van der Waals surface area contributed by atoms with Crippen molar-refractivity contribution in [3.63, 3.8) is 0 Å². The molecule has 0 radical (unpaired) electrons. The first-order valence-corrected chi connectivity index (χ1v) is 8.70. The Labute approximate surface area is 150 Å². The number of carbonyl (C=O) groups is 1. The van der Waals surface area contributed by atoms with E-state index in [1.165, 1.54) is 11.1 Å². The minimum atomic E-state index is -1.01. The number of aliphatic hydroxyl groups is 1. The zero-order valence-corrected chi connectivity index (χ0v) is 15.9. The predicted octanol–water partition coefficient (Wildman–Crippen LogP) is 4.63. The standard InChI is InChI=1S/C21H28N2O2/c1-13(2)15(4)18-12-17(8-7-14(18)3)23-20(24)19-11-16(9-10-22-19)21(5,6)25/h7-13,15,25H,1-6H3,(H,23,24). The lowest BCUT2D eigenvalue weighted by Gasteiger charge is -2.20. The first-order chi connectivity index (χ1) is 11.6. The lowest BCUT2D eigenvalue weighted by molar-refractivity contribution is 0.0783. The van der Waals surface area contributed by atoms with Crippen LogP contribution in [0, 0.1) is 12.8 Å². The molecule has 2 N–H and O–H groups in total. The number of hydrogen-bond acceptors (Lipinski definition) is 3. The van der Waals surface area contributed by atoms with Gasteiger partial charge in [-0.2, -0.15) is 0 Å². The predicted molar refractivity (Wildman–Crippen MR) is 102 cm³/mol. The maximum absolute atomic E-state index is 12.5. The molecule has 4 heteroatoms. The molecule has 1 amide bonds. The molecule has 0 saturated carbocycles. The van der Waals surface area contributed by atoms with E-state index in [9.17, 15) is 9.90 Å². The first-order valence-electron chi connectivity index (χ1n) is 8.70. The molecule has 0 aliphatic heterocycles. The summed E-state index contributed by atoms with van der Waals surface area (Å²) in [6.45, 7) is 12.1. The molecule has 25 heavy (non-hydrogen) atoms. The maximum atomic E-state index is 12.5. The van der Waals surface area contributed by atoms with Gasteiger partial charge in [0.15, 0.2) is 0 Å². The van der Waals surface area contributed by atoms with Crippen LogP contribution >= 0.6 is 0 Å². The Morgan fingerprint density at radius 3 is 2.44 bits per heavy atom. The van der Waals surface area contributed by atoms with Crippen molar-refractivity contribution in [3.05, 3.63) is 58.9 Å². The van der Waals surface area contributed by atoms with Crippen molar-refractivity contribution in [2.45, 2.75) is 53.1 Å². The zero-order valence-electron chi connectivity index (χ0n) is 15.9. The molecular weight excluding hydrogens is 312 g/mol. The normalized spacial score (nSPS) is 13.0. The van der Waals surface area contributed by atoms with Crippen LogP contribution in [-0.2, 0) is 5.60 Å². The quantitative estimate of drug-likeness (QED) is 0.834. The number of amides is 1. The van der Waals surface area contributed by atoms with Gasteiger partial charge in [0.2, 0.25) is 0 Å². The third kappa shape index (κ3) is 4.67. The number of nitrogens with one attached hydrogen (secondary N) is 1. The average molecular weight is 340 g/mol. The molecule has 2 aromatic rings. The summed E-state index contributed by atoms with van der Waals surface area (Å²) in [4.78, 5) is 16.7. The lowest BCUT2D eigenvalue weighted by atomic mass is 9.87. The Morgan fingerprint density at radius 1 is 1.16 bits per heavy atom. The van der Waals surface area contributed by atoms with Gasteiger partial charge >= 0.3 is 0 Å². The summed E-state index contributed by atoms with van der Waals surface area (Å²) in [6.07, 6.45) is 1.55. The van der Waals surface area contributed by atoms with Gasteiger partial charge in [-0.05, 0) is 73.6 Å². The summed E-state index contributed by atoms with van der Waals surface area (Å²) in [5, 5.41) is 13.0. The van der Waals surface area contributed by atoms with E-state index >= 15 is 0 Å². The molecule has 134 valence electrons. The van der Waals surface area contributed by atoms with Crippen LogP contribution in [0.1, 0.15) is 67.7 Å². The lowest BCUT2D eigenvalue weighted by Crippen LogP contribution is -2.19. The topological polar surface area (TPSA) is 62.2 Å². The molecule has 0 aliphatic carbocycles. The van der Waals surface area contributed by atoms with Crippen LogP contribution in [0.4, 0.5) is 5.69 Å². The highest BCUT2D eigenvalue weighted by Gasteiger charge is 2.19. The van der Waals surface area contributed by atoms with Gasteiger partial charge in [0, 0.05) is 11.9 Å². The number of pyridine rings is 1. The Bertz CT molecular complexity index is 761. The highest BCUT2D eigenvalue weighted by atomic mass is 16.3. The van der Waals surface area contributed by atoms with Crippen LogP contribution in [0.25, 0.3) is 0 Å². The fraction of sp³-hybridized carbons (Fsp3) is 0.429. The number of carbonyl (C=O) groups excluding carboxylic acids is 1. The second kappa shape index (κ2) is 7.36. The van der Waals surface area contributed by atoms with Gasteiger partial charge in [-0.15, -0.1) is 0 Å². The van der Waals surface area contributed by atoms with E-state index in [2.05, 4.69) is 38.0 Å². The third-order valence-corrected chi connectivity index (χ3v) is 4.73. The molecule has 4 nitrogen and oxygen atoms in total. The van der Waals surface area contributed by atoms with Gasteiger partial charge in [-0.1, -0.05) is 26.8 Å². The van der Waals surface area contributed by atoms with Gasteiger partial charge in [0.25, 0.3) is 5.91 Å². The fourth-order valence-electron chi connectivity index (χ4n) is 2.70. The molecule has 2 rings (SSSR count). The highest BCUT2D eigenvalue weighted by molar-refractivity contribution is 6.03. The number of anilines is 1. The van der Waals surface area contributed by atoms with Crippen LogP contribution in [0.2, 0.25) is 0 Å². The molecule has 0 saturated heterocycles. The van der Waals surface area contributed by atoms with E-state index in [0.717, 1.165) is 5.69 Å². The van der Waals surface area contributed by atoms with Crippen molar-refractivity contribution >= 4 is 11.6 Å². The van der Waals surface area contributed by atoms with Crippen molar-refractivity contribution in [3.8, 4) is 0 Å². The molecule has 0 aliphatic rings. The maximum Gasteiger partial charge on any atom is 0.274 e. The Balaban J connectivity index is 2.25. The minimum absolute atomic E-state index is 0.280. The van der Waals surface area contributed by atoms with Gasteiger partial charge in [-0.25, -0.2) is 0 Å². The Kier molecular flexibility index (Phi) is 5.63. The van der Waals surface area contributed by atoms with E-state index in [1.807, 2.05) is 18.2 Å². The van der Waals surface area contributed by atoms with E-state index in [4.69, 9.17) is 0 Å². The molecule has 0 bridgehead atoms. The van der Waals surface area contributed by atoms with Crippen LogP contribution in [0.3, 0.4) is 0 Å². The highest BCUT2D eigenvalue weighted by Crippen LogP contribution is 2.29. The summed E-state index contributed by atoms with van der Waals surface area (Å²) in [5.74, 6) is 0.654. The monoisotopic (exact) mass is 340 g/mol. The summed E-state index contributed by atoms with van der Waals surface area (Å²) in [6, 6.07) is 9.32. The molecule has 1 unspecified atom stereocenters. The fourth-order valence-corrected chi connectivity index (χ4v) is 2.70. The third-order valence-electron chi connectivity index (χ3n) is 4.73. The molecular formula is C21H28N2O2. The Morgan fingerprint density at radius 2 is 1.84 bits per heavy atom. The number of aryl methyl sites for hydroxylation is 1. The number of rotatable bonds is 5.